The molecule has 130 valence electrons. The third-order valence-corrected chi connectivity index (χ3v) is 4.26. The summed E-state index contributed by atoms with van der Waals surface area (Å²) in [5, 5.41) is 3.22. The van der Waals surface area contributed by atoms with E-state index in [2.05, 4.69) is 5.32 Å². The lowest BCUT2D eigenvalue weighted by molar-refractivity contribution is -0.126. The van der Waals surface area contributed by atoms with Crippen molar-refractivity contribution in [1.29, 1.82) is 0 Å². The normalized spacial score (nSPS) is 15.9. The van der Waals surface area contributed by atoms with Crippen LogP contribution in [0.15, 0.2) is 42.5 Å². The first-order valence-electron chi connectivity index (χ1n) is 8.03. The molecule has 3 rings (SSSR count). The maximum Gasteiger partial charge on any atom is 0.254 e. The van der Waals surface area contributed by atoms with E-state index in [1.807, 2.05) is 31.2 Å². The number of carbonyl (C=O) groups excluding carboxylic acids is 2. The second-order valence-electron chi connectivity index (χ2n) is 5.99. The fourth-order valence-electron chi connectivity index (χ4n) is 2.94. The van der Waals surface area contributed by atoms with Gasteiger partial charge in [-0.1, -0.05) is 23.7 Å². The highest BCUT2D eigenvalue weighted by Gasteiger charge is 2.37. The van der Waals surface area contributed by atoms with E-state index in [-0.39, 0.29) is 11.8 Å². The summed E-state index contributed by atoms with van der Waals surface area (Å²) < 4.78 is 5.74. The van der Waals surface area contributed by atoms with Gasteiger partial charge in [0, 0.05) is 23.2 Å². The lowest BCUT2D eigenvalue weighted by atomic mass is 10.1. The number of fused-ring (bicyclic) bond motifs is 1. The van der Waals surface area contributed by atoms with Gasteiger partial charge in [0.1, 0.15) is 18.4 Å². The van der Waals surface area contributed by atoms with E-state index >= 15 is 0 Å². The van der Waals surface area contributed by atoms with Gasteiger partial charge in [-0.2, -0.15) is 0 Å². The zero-order valence-corrected chi connectivity index (χ0v) is 14.8. The van der Waals surface area contributed by atoms with Crippen LogP contribution in [0.3, 0.4) is 0 Å². The first-order valence-corrected chi connectivity index (χ1v) is 8.41. The molecule has 1 aliphatic rings. The van der Waals surface area contributed by atoms with Crippen LogP contribution in [0, 0.1) is 6.92 Å². The molecule has 0 aliphatic carbocycles. The number of amides is 2. The van der Waals surface area contributed by atoms with Crippen molar-refractivity contribution in [3.63, 3.8) is 0 Å². The molecule has 2 amide bonds. The number of nitrogens with zero attached hydrogens (tertiary/aromatic N) is 1. The van der Waals surface area contributed by atoms with Gasteiger partial charge in [-0.3, -0.25) is 9.59 Å². The van der Waals surface area contributed by atoms with Crippen molar-refractivity contribution in [2.24, 2.45) is 0 Å². The predicted molar refractivity (Wildman–Crippen MR) is 97.0 cm³/mol. The number of hydrogen-bond donors (Lipinski definition) is 1. The molecule has 1 aliphatic heterocycles. The van der Waals surface area contributed by atoms with Gasteiger partial charge in [0.25, 0.3) is 5.91 Å². The zero-order valence-electron chi connectivity index (χ0n) is 14.1. The van der Waals surface area contributed by atoms with E-state index in [9.17, 15) is 9.59 Å². The van der Waals surface area contributed by atoms with Gasteiger partial charge in [0.2, 0.25) is 5.91 Å². The average Bonchev–Trinajstić information content (AvgIpc) is 2.80. The summed E-state index contributed by atoms with van der Waals surface area (Å²) in [4.78, 5) is 25.8. The maximum absolute atomic E-state index is 12.7. The molecule has 2 aromatic carbocycles. The van der Waals surface area contributed by atoms with Gasteiger partial charge < -0.3 is 15.0 Å². The summed E-state index contributed by atoms with van der Waals surface area (Å²) in [6.07, 6.45) is 0. The summed E-state index contributed by atoms with van der Waals surface area (Å²) in [6.45, 7) is 4.12. The smallest absolute Gasteiger partial charge is 0.254 e. The Labute approximate surface area is 151 Å². The lowest BCUT2D eigenvalue weighted by Gasteiger charge is -2.18. The van der Waals surface area contributed by atoms with Gasteiger partial charge in [0.05, 0.1) is 6.54 Å². The third-order valence-electron chi connectivity index (χ3n) is 4.03. The van der Waals surface area contributed by atoms with Crippen LogP contribution >= 0.6 is 11.6 Å². The molecular weight excluding hydrogens is 340 g/mol. The van der Waals surface area contributed by atoms with Gasteiger partial charge in [-0.15, -0.1) is 0 Å². The van der Waals surface area contributed by atoms with E-state index in [4.69, 9.17) is 16.3 Å². The Morgan fingerprint density at radius 3 is 2.80 bits per heavy atom. The van der Waals surface area contributed by atoms with Crippen LogP contribution in [-0.2, 0) is 9.59 Å². The standard InChI is InChI=1S/C19H19ClN2O3/c1-12-4-3-5-15(10-12)25-9-8-22-17-7-6-14(20)11-16(17)18(19(22)24)21-13(2)23/h3-7,10-11,18H,8-9H2,1-2H3,(H,21,23)/t18-/m0/s1. The number of anilines is 1. The molecular formula is C19H19ClN2O3. The predicted octanol–water partition coefficient (Wildman–Crippen LogP) is 3.25. The first kappa shape index (κ1) is 17.3. The Morgan fingerprint density at radius 2 is 2.08 bits per heavy atom. The summed E-state index contributed by atoms with van der Waals surface area (Å²) in [7, 11) is 0. The highest BCUT2D eigenvalue weighted by Crippen LogP contribution is 2.37. The molecule has 0 unspecified atom stereocenters. The van der Waals surface area contributed by atoms with Crippen molar-refractivity contribution in [2.45, 2.75) is 19.9 Å². The fraction of sp³-hybridized carbons (Fsp3) is 0.263. The zero-order chi connectivity index (χ0) is 18.0. The number of carbonyl (C=O) groups is 2. The highest BCUT2D eigenvalue weighted by molar-refractivity contribution is 6.31. The minimum absolute atomic E-state index is 0.180. The quantitative estimate of drug-likeness (QED) is 0.892. The Kier molecular flexibility index (Phi) is 4.95. The van der Waals surface area contributed by atoms with Crippen LogP contribution in [0.5, 0.6) is 5.75 Å². The molecule has 0 saturated carbocycles. The molecule has 5 nitrogen and oxygen atoms in total. The second-order valence-corrected chi connectivity index (χ2v) is 6.43. The van der Waals surface area contributed by atoms with Crippen LogP contribution in [0.25, 0.3) is 0 Å². The van der Waals surface area contributed by atoms with Crippen molar-refractivity contribution < 1.29 is 14.3 Å². The Hall–Kier alpha value is -2.53. The average molecular weight is 359 g/mol. The van der Waals surface area contributed by atoms with E-state index in [0.29, 0.717) is 23.7 Å². The number of rotatable bonds is 5. The molecule has 0 radical (unpaired) electrons. The molecule has 0 bridgehead atoms. The SMILES string of the molecule is CC(=O)N[C@@H]1C(=O)N(CCOc2cccc(C)c2)c2ccc(Cl)cc21. The van der Waals surface area contributed by atoms with E-state index in [0.717, 1.165) is 17.0 Å². The number of aryl methyl sites for hydroxylation is 1. The largest absolute Gasteiger partial charge is 0.492 e. The van der Waals surface area contributed by atoms with E-state index in [1.54, 1.807) is 23.1 Å². The third kappa shape index (κ3) is 3.77. The summed E-state index contributed by atoms with van der Waals surface area (Å²) in [6, 6.07) is 12.3. The van der Waals surface area contributed by atoms with Crippen LogP contribution in [0.4, 0.5) is 5.69 Å². The molecule has 0 fully saturated rings. The number of hydrogen-bond acceptors (Lipinski definition) is 3. The van der Waals surface area contributed by atoms with Crippen molar-refractivity contribution in [3.05, 3.63) is 58.6 Å². The van der Waals surface area contributed by atoms with Crippen molar-refractivity contribution >= 4 is 29.1 Å². The highest BCUT2D eigenvalue weighted by atomic mass is 35.5. The molecule has 2 aromatic rings. The Bertz CT molecular complexity index is 822. The lowest BCUT2D eigenvalue weighted by Crippen LogP contribution is -2.38. The van der Waals surface area contributed by atoms with Gasteiger partial charge in [-0.05, 0) is 42.8 Å². The molecule has 0 saturated heterocycles. The van der Waals surface area contributed by atoms with Crippen molar-refractivity contribution in [3.8, 4) is 5.75 Å². The van der Waals surface area contributed by atoms with Crippen LogP contribution in [-0.4, -0.2) is 25.0 Å². The van der Waals surface area contributed by atoms with Gasteiger partial charge in [0.15, 0.2) is 0 Å². The van der Waals surface area contributed by atoms with Crippen LogP contribution in [0.1, 0.15) is 24.1 Å². The van der Waals surface area contributed by atoms with Crippen LogP contribution < -0.4 is 15.0 Å². The molecule has 6 heteroatoms. The van der Waals surface area contributed by atoms with Gasteiger partial charge >= 0.3 is 0 Å². The van der Waals surface area contributed by atoms with Crippen LogP contribution in [0.2, 0.25) is 5.02 Å². The number of nitrogens with one attached hydrogen (secondary N) is 1. The van der Waals surface area contributed by atoms with Crippen molar-refractivity contribution in [2.75, 3.05) is 18.1 Å². The minimum Gasteiger partial charge on any atom is -0.492 e. The summed E-state index contributed by atoms with van der Waals surface area (Å²) in [5.41, 5.74) is 2.57. The molecule has 1 N–H and O–H groups in total. The summed E-state index contributed by atoms with van der Waals surface area (Å²) >= 11 is 6.05. The molecule has 25 heavy (non-hydrogen) atoms. The molecule has 1 atom stereocenters. The maximum atomic E-state index is 12.7. The number of halogens is 1. The molecule has 0 spiro atoms. The monoisotopic (exact) mass is 358 g/mol. The molecule has 0 aromatic heterocycles. The summed E-state index contributed by atoms with van der Waals surface area (Å²) in [5.74, 6) is 0.323. The van der Waals surface area contributed by atoms with E-state index < -0.39 is 6.04 Å². The first-order chi connectivity index (χ1) is 12.0. The Morgan fingerprint density at radius 1 is 1.28 bits per heavy atom. The minimum atomic E-state index is -0.704. The van der Waals surface area contributed by atoms with Gasteiger partial charge in [-0.25, -0.2) is 0 Å². The van der Waals surface area contributed by atoms with E-state index in [1.165, 1.54) is 6.92 Å². The Balaban J connectivity index is 1.75. The topological polar surface area (TPSA) is 58.6 Å². The fourth-order valence-corrected chi connectivity index (χ4v) is 3.12. The van der Waals surface area contributed by atoms with Crippen molar-refractivity contribution in [1.82, 2.24) is 5.32 Å². The number of ether oxygens (including phenoxy) is 1. The number of benzene rings is 2. The molecule has 1 heterocycles. The second kappa shape index (κ2) is 7.15.